The average molecular weight is 229 g/mol. The van der Waals surface area contributed by atoms with E-state index in [1.165, 1.54) is 0 Å². The van der Waals surface area contributed by atoms with Crippen LogP contribution in [-0.2, 0) is 4.79 Å². The first-order valence-corrected chi connectivity index (χ1v) is 6.10. The summed E-state index contributed by atoms with van der Waals surface area (Å²) >= 11 is 0. The maximum absolute atomic E-state index is 12.1. The molecule has 2 N–H and O–H groups in total. The summed E-state index contributed by atoms with van der Waals surface area (Å²) in [6.07, 6.45) is 0.938. The van der Waals surface area contributed by atoms with Crippen LogP contribution in [0.4, 0.5) is 0 Å². The van der Waals surface area contributed by atoms with Crippen LogP contribution in [-0.4, -0.2) is 54.5 Å². The summed E-state index contributed by atoms with van der Waals surface area (Å²) in [5.41, 5.74) is 5.44. The van der Waals surface area contributed by atoms with E-state index in [1.807, 2.05) is 16.8 Å². The first kappa shape index (κ1) is 15.4. The molecule has 0 aromatic heterocycles. The van der Waals surface area contributed by atoms with Crippen LogP contribution in [0.5, 0.6) is 0 Å². The molecule has 0 fully saturated rings. The summed E-state index contributed by atoms with van der Waals surface area (Å²) in [6, 6.07) is 0.519. The molecule has 0 aliphatic rings. The van der Waals surface area contributed by atoms with E-state index in [0.29, 0.717) is 13.1 Å². The highest BCUT2D eigenvalue weighted by Crippen LogP contribution is 2.06. The van der Waals surface area contributed by atoms with Crippen molar-refractivity contribution in [2.24, 2.45) is 5.73 Å². The third-order valence-corrected chi connectivity index (χ3v) is 2.55. The number of carbonyl (C=O) groups is 1. The SMILES string of the molecule is CC(C)N(C(=O)CN(C)CCCN)C(C)C. The lowest BCUT2D eigenvalue weighted by Crippen LogP contribution is -2.46. The highest BCUT2D eigenvalue weighted by molar-refractivity contribution is 5.78. The Morgan fingerprint density at radius 1 is 1.19 bits per heavy atom. The molecule has 0 saturated carbocycles. The van der Waals surface area contributed by atoms with Gasteiger partial charge in [0.05, 0.1) is 6.54 Å². The van der Waals surface area contributed by atoms with Crippen molar-refractivity contribution in [2.75, 3.05) is 26.7 Å². The van der Waals surface area contributed by atoms with Gasteiger partial charge < -0.3 is 10.6 Å². The van der Waals surface area contributed by atoms with Gasteiger partial charge in [0, 0.05) is 12.1 Å². The molecule has 0 aliphatic carbocycles. The van der Waals surface area contributed by atoms with Gasteiger partial charge in [0.15, 0.2) is 0 Å². The normalized spacial score (nSPS) is 11.6. The van der Waals surface area contributed by atoms with Gasteiger partial charge in [-0.3, -0.25) is 9.69 Å². The fraction of sp³-hybridized carbons (Fsp3) is 0.917. The predicted octanol–water partition coefficient (Wildman–Crippen LogP) is 0.912. The molecule has 1 amide bonds. The van der Waals surface area contributed by atoms with Crippen molar-refractivity contribution in [3.05, 3.63) is 0 Å². The number of likely N-dealkylation sites (N-methyl/N-ethyl adjacent to an activating group) is 1. The second-order valence-corrected chi connectivity index (χ2v) is 4.87. The molecule has 0 aromatic rings. The number of nitrogens with two attached hydrogens (primary N) is 1. The van der Waals surface area contributed by atoms with Crippen molar-refractivity contribution < 1.29 is 4.79 Å². The zero-order valence-corrected chi connectivity index (χ0v) is 11.4. The first-order chi connectivity index (χ1) is 7.40. The standard InChI is InChI=1S/C12H27N3O/c1-10(2)15(11(3)4)12(16)9-14(5)8-6-7-13/h10-11H,6-9,13H2,1-5H3. The van der Waals surface area contributed by atoms with E-state index in [2.05, 4.69) is 27.7 Å². The molecule has 16 heavy (non-hydrogen) atoms. The number of rotatable bonds is 7. The van der Waals surface area contributed by atoms with Crippen molar-refractivity contribution in [3.63, 3.8) is 0 Å². The molecular formula is C12H27N3O. The fourth-order valence-electron chi connectivity index (χ4n) is 1.93. The second kappa shape index (κ2) is 7.63. The summed E-state index contributed by atoms with van der Waals surface area (Å²) in [7, 11) is 1.96. The maximum atomic E-state index is 12.1. The molecule has 0 aromatic carbocycles. The van der Waals surface area contributed by atoms with E-state index in [4.69, 9.17) is 5.73 Å². The van der Waals surface area contributed by atoms with E-state index in [9.17, 15) is 4.79 Å². The Bertz CT molecular complexity index is 196. The highest BCUT2D eigenvalue weighted by atomic mass is 16.2. The summed E-state index contributed by atoms with van der Waals surface area (Å²) in [6.45, 7) is 10.3. The smallest absolute Gasteiger partial charge is 0.237 e. The Labute approximate surface area is 99.8 Å². The number of carbonyl (C=O) groups excluding carboxylic acids is 1. The lowest BCUT2D eigenvalue weighted by atomic mass is 10.2. The van der Waals surface area contributed by atoms with Crippen molar-refractivity contribution >= 4 is 5.91 Å². The molecular weight excluding hydrogens is 202 g/mol. The molecule has 0 atom stereocenters. The van der Waals surface area contributed by atoms with Crippen molar-refractivity contribution in [3.8, 4) is 0 Å². The van der Waals surface area contributed by atoms with Crippen LogP contribution in [0.3, 0.4) is 0 Å². The van der Waals surface area contributed by atoms with E-state index >= 15 is 0 Å². The van der Waals surface area contributed by atoms with E-state index < -0.39 is 0 Å². The van der Waals surface area contributed by atoms with Crippen LogP contribution in [0.1, 0.15) is 34.1 Å². The monoisotopic (exact) mass is 229 g/mol. The predicted molar refractivity (Wildman–Crippen MR) is 68.3 cm³/mol. The molecule has 4 nitrogen and oxygen atoms in total. The summed E-state index contributed by atoms with van der Waals surface area (Å²) in [5.74, 6) is 0.199. The number of amides is 1. The molecule has 96 valence electrons. The lowest BCUT2D eigenvalue weighted by Gasteiger charge is -2.32. The van der Waals surface area contributed by atoms with Crippen molar-refractivity contribution in [1.29, 1.82) is 0 Å². The van der Waals surface area contributed by atoms with E-state index in [-0.39, 0.29) is 18.0 Å². The molecule has 0 rings (SSSR count). The number of hydrogen-bond donors (Lipinski definition) is 1. The molecule has 0 aliphatic heterocycles. The van der Waals surface area contributed by atoms with Gasteiger partial charge in [-0.15, -0.1) is 0 Å². The maximum Gasteiger partial charge on any atom is 0.237 e. The first-order valence-electron chi connectivity index (χ1n) is 6.10. The summed E-state index contributed by atoms with van der Waals surface area (Å²) < 4.78 is 0. The zero-order valence-electron chi connectivity index (χ0n) is 11.4. The van der Waals surface area contributed by atoms with E-state index in [1.54, 1.807) is 0 Å². The van der Waals surface area contributed by atoms with Gasteiger partial charge in [0.25, 0.3) is 0 Å². The average Bonchev–Trinajstić information content (AvgIpc) is 2.13. The van der Waals surface area contributed by atoms with Crippen molar-refractivity contribution in [2.45, 2.75) is 46.2 Å². The van der Waals surface area contributed by atoms with Crippen LogP contribution in [0, 0.1) is 0 Å². The molecule has 0 heterocycles. The second-order valence-electron chi connectivity index (χ2n) is 4.87. The van der Waals surface area contributed by atoms with Crippen molar-refractivity contribution in [1.82, 2.24) is 9.80 Å². The van der Waals surface area contributed by atoms with Gasteiger partial charge in [-0.05, 0) is 54.3 Å². The molecule has 0 saturated heterocycles. The lowest BCUT2D eigenvalue weighted by molar-refractivity contribution is -0.135. The Morgan fingerprint density at radius 2 is 1.69 bits per heavy atom. The van der Waals surface area contributed by atoms with Crippen LogP contribution in [0.2, 0.25) is 0 Å². The topological polar surface area (TPSA) is 49.6 Å². The van der Waals surface area contributed by atoms with Gasteiger partial charge in [0.2, 0.25) is 5.91 Å². The third-order valence-electron chi connectivity index (χ3n) is 2.55. The molecule has 0 bridgehead atoms. The Morgan fingerprint density at radius 3 is 2.06 bits per heavy atom. The Hall–Kier alpha value is -0.610. The fourth-order valence-corrected chi connectivity index (χ4v) is 1.93. The minimum absolute atomic E-state index is 0.199. The minimum atomic E-state index is 0.199. The largest absolute Gasteiger partial charge is 0.337 e. The number of hydrogen-bond acceptors (Lipinski definition) is 3. The highest BCUT2D eigenvalue weighted by Gasteiger charge is 2.20. The van der Waals surface area contributed by atoms with Gasteiger partial charge in [-0.2, -0.15) is 0 Å². The minimum Gasteiger partial charge on any atom is -0.337 e. The van der Waals surface area contributed by atoms with Crippen LogP contribution in [0.15, 0.2) is 0 Å². The molecule has 4 heteroatoms. The van der Waals surface area contributed by atoms with Crippen LogP contribution >= 0.6 is 0 Å². The zero-order chi connectivity index (χ0) is 12.7. The Kier molecular flexibility index (Phi) is 7.34. The quantitative estimate of drug-likeness (QED) is 0.706. The third kappa shape index (κ3) is 5.47. The Balaban J connectivity index is 4.20. The molecule has 0 radical (unpaired) electrons. The summed E-state index contributed by atoms with van der Waals surface area (Å²) in [4.78, 5) is 16.0. The molecule has 0 unspecified atom stereocenters. The van der Waals surface area contributed by atoms with Gasteiger partial charge >= 0.3 is 0 Å². The van der Waals surface area contributed by atoms with E-state index in [0.717, 1.165) is 13.0 Å². The van der Waals surface area contributed by atoms with Gasteiger partial charge in [-0.25, -0.2) is 0 Å². The summed E-state index contributed by atoms with van der Waals surface area (Å²) in [5, 5.41) is 0. The van der Waals surface area contributed by atoms with Crippen LogP contribution < -0.4 is 5.73 Å². The number of nitrogens with zero attached hydrogens (tertiary/aromatic N) is 2. The van der Waals surface area contributed by atoms with Gasteiger partial charge in [-0.1, -0.05) is 0 Å². The van der Waals surface area contributed by atoms with Gasteiger partial charge in [0.1, 0.15) is 0 Å². The molecule has 0 spiro atoms. The van der Waals surface area contributed by atoms with Crippen LogP contribution in [0.25, 0.3) is 0 Å².